The fraction of sp³-hybridized carbons (Fsp3) is 0.778. The molecule has 0 heterocycles. The molecule has 2 aromatic rings. The van der Waals surface area contributed by atoms with Gasteiger partial charge < -0.3 is 9.80 Å². The zero-order valence-corrected chi connectivity index (χ0v) is 44.9. The Kier molecular flexibility index (Phi) is 45.2. The van der Waals surface area contributed by atoms with Crippen LogP contribution >= 0.6 is 40.4 Å². The number of hydrogen-bond donors (Lipinski definition) is 2. The van der Waals surface area contributed by atoms with Crippen molar-refractivity contribution in [3.05, 3.63) is 70.8 Å². The summed E-state index contributed by atoms with van der Waals surface area (Å²) >= 11 is 0. The van der Waals surface area contributed by atoms with Crippen LogP contribution < -0.4 is 9.80 Å². The summed E-state index contributed by atoms with van der Waals surface area (Å²) in [5.74, 6) is 0. The van der Waals surface area contributed by atoms with Crippen molar-refractivity contribution in [1.82, 2.24) is 0 Å². The Morgan fingerprint density at radius 1 is 0.311 bits per heavy atom. The van der Waals surface area contributed by atoms with Gasteiger partial charge in [-0.2, -0.15) is 0 Å². The van der Waals surface area contributed by atoms with E-state index in [0.29, 0.717) is 0 Å². The molecule has 0 atom stereocenters. The number of unbranched alkanes of at least 4 members (excludes halogenated alkanes) is 30. The van der Waals surface area contributed by atoms with Crippen LogP contribution in [0, 0.1) is 0 Å². The van der Waals surface area contributed by atoms with Crippen molar-refractivity contribution in [2.45, 2.75) is 245 Å². The zero-order chi connectivity index (χ0) is 45.1. The van der Waals surface area contributed by atoms with E-state index in [1.165, 1.54) is 228 Å². The van der Waals surface area contributed by atoms with E-state index in [1.54, 1.807) is 22.3 Å². The molecular weight excluding hydrogens is 882 g/mol. The molecule has 0 unspecified atom stereocenters. The molecule has 0 amide bonds. The fourth-order valence-corrected chi connectivity index (χ4v) is 8.44. The third-order valence-electron chi connectivity index (χ3n) is 11.9. The quantitative estimate of drug-likeness (QED) is 0.0490. The number of aryl methyl sites for hydroxylation is 2. The molecule has 0 aromatic heterocycles. The normalized spacial score (nSPS) is 11.7. The summed E-state index contributed by atoms with van der Waals surface area (Å²) in [5.41, 5.74) is 6.25. The van der Waals surface area contributed by atoms with Crippen LogP contribution in [0.4, 0.5) is 0 Å². The van der Waals surface area contributed by atoms with E-state index in [4.69, 9.17) is 40.4 Å². The van der Waals surface area contributed by atoms with Crippen LogP contribution in [0.1, 0.15) is 242 Å². The van der Waals surface area contributed by atoms with E-state index in [-0.39, 0.29) is 0 Å². The predicted molar refractivity (Wildman–Crippen MR) is 276 cm³/mol. The van der Waals surface area contributed by atoms with Crippen molar-refractivity contribution in [2.24, 2.45) is 0 Å². The second-order valence-corrected chi connectivity index (χ2v) is 28.0. The summed E-state index contributed by atoms with van der Waals surface area (Å²) < 4.78 is 0. The monoisotopic (exact) mass is 980 g/mol. The Bertz CT molecular complexity index is 1100. The Morgan fingerprint density at radius 3 is 0.689 bits per heavy atom. The van der Waals surface area contributed by atoms with Crippen LogP contribution in [0.15, 0.2) is 48.5 Å². The summed E-state index contributed by atoms with van der Waals surface area (Å²) in [6, 6.07) is 18.1. The molecule has 0 spiro atoms. The van der Waals surface area contributed by atoms with Gasteiger partial charge in [0, 0.05) is 11.1 Å². The Morgan fingerprint density at radius 2 is 0.492 bits per heavy atom. The first-order valence-electron chi connectivity index (χ1n) is 25.6. The average molecular weight is 983 g/mol. The molecule has 2 rings (SSSR count). The molecule has 365 valence electrons. The van der Waals surface area contributed by atoms with E-state index in [1.807, 2.05) is 0 Å². The van der Waals surface area contributed by atoms with Crippen molar-refractivity contribution >= 4 is 40.4 Å². The molecule has 0 bridgehead atoms. The zero-order valence-electron chi connectivity index (χ0n) is 40.9. The molecule has 2 aromatic carbocycles. The van der Waals surface area contributed by atoms with Crippen molar-refractivity contribution < 1.29 is 19.0 Å². The number of halogens is 4. The van der Waals surface area contributed by atoms with Crippen LogP contribution in [0.2, 0.25) is 0 Å². The molecule has 0 radical (unpaired) electrons. The number of benzene rings is 2. The van der Waals surface area contributed by atoms with Gasteiger partial charge >= 0.3 is 49.6 Å². The maximum absolute atomic E-state index is 4.90. The van der Waals surface area contributed by atoms with Crippen molar-refractivity contribution in [2.75, 3.05) is 28.2 Å². The van der Waals surface area contributed by atoms with E-state index in [9.17, 15) is 0 Å². The van der Waals surface area contributed by atoms with Crippen LogP contribution in [0.25, 0.3) is 0 Å². The molecule has 0 saturated heterocycles. The first kappa shape index (κ1) is 61.0. The fourth-order valence-electron chi connectivity index (χ4n) is 8.44. The molecule has 0 saturated carbocycles. The maximum atomic E-state index is 4.90. The van der Waals surface area contributed by atoms with Gasteiger partial charge in [0.1, 0.15) is 13.1 Å². The predicted octanol–water partition coefficient (Wildman–Crippen LogP) is 17.0. The van der Waals surface area contributed by atoms with Gasteiger partial charge in [-0.1, -0.05) is 255 Å². The van der Waals surface area contributed by atoms with Crippen molar-refractivity contribution in [3.8, 4) is 0 Å². The van der Waals surface area contributed by atoms with Crippen LogP contribution in [0.5, 0.6) is 0 Å². The number of hydrogen-bond acceptors (Lipinski definition) is 0. The summed E-state index contributed by atoms with van der Waals surface area (Å²) in [6.45, 7) is 6.89. The minimum absolute atomic E-state index is 1.15. The second kappa shape index (κ2) is 45.2. The molecule has 7 heteroatoms. The van der Waals surface area contributed by atoms with Gasteiger partial charge in [0.2, 0.25) is 0 Å². The molecule has 0 aliphatic carbocycles. The van der Waals surface area contributed by atoms with Crippen molar-refractivity contribution in [3.63, 3.8) is 0 Å². The van der Waals surface area contributed by atoms with Gasteiger partial charge in [-0.15, -0.1) is 0 Å². The molecule has 0 fully saturated rings. The Hall–Kier alpha value is 0.0395. The molecule has 0 aliphatic heterocycles. The summed E-state index contributed by atoms with van der Waals surface area (Å²) in [5, 5.41) is 0. The second-order valence-electron chi connectivity index (χ2n) is 18.7. The van der Waals surface area contributed by atoms with E-state index in [2.05, 4.69) is 90.6 Å². The summed E-state index contributed by atoms with van der Waals surface area (Å²) in [4.78, 5) is 3.03. The van der Waals surface area contributed by atoms with E-state index < -0.39 is 9.20 Å². The Labute approximate surface area is 400 Å². The summed E-state index contributed by atoms with van der Waals surface area (Å²) in [7, 11) is 26.3. The number of rotatable bonds is 38. The molecule has 2 nitrogen and oxygen atoms in total. The average Bonchev–Trinajstić information content (AvgIpc) is 3.21. The van der Waals surface area contributed by atoms with Gasteiger partial charge in [0.25, 0.3) is 0 Å². The van der Waals surface area contributed by atoms with E-state index in [0.717, 1.165) is 13.1 Å². The minimum atomic E-state index is -2.24. The molecule has 0 aliphatic rings. The van der Waals surface area contributed by atoms with Crippen LogP contribution in [-0.4, -0.2) is 28.2 Å². The van der Waals surface area contributed by atoms with Gasteiger partial charge in [0.15, 0.2) is 0 Å². The molecular formula is C54H100Cl4CuN2. The summed E-state index contributed by atoms with van der Waals surface area (Å²) in [6.07, 6.45) is 48.8. The van der Waals surface area contributed by atoms with Gasteiger partial charge in [0.05, 0.1) is 28.2 Å². The van der Waals surface area contributed by atoms with Gasteiger partial charge in [-0.25, -0.2) is 0 Å². The molecule has 61 heavy (non-hydrogen) atoms. The van der Waals surface area contributed by atoms with Crippen molar-refractivity contribution in [1.29, 1.82) is 0 Å². The standard InChI is InChI=1S/2C27H49N.4ClH.Cu/c2*1-4-5-6-7-8-9-10-11-12-13-14-15-16-17-18-19-22-26-23-20-21-24-27(26)25-28(2)3;;;;;/h2*20-21,23-24H,4-19,22,25H2,1-3H3;4*1H;/q;;;;;;+2/p-2. The SMILES string of the molecule is CCCCCCCCCCCCCCCCCCc1ccccc1C[NH+](C)C.CCCCCCCCCCCCCCCCCCc1ccccc1C[NH+](C)C.[Cl][Cu-2]([Cl])([Cl])[Cl]. The Balaban J connectivity index is 0.00000106. The number of quaternary nitrogens is 2. The molecule has 2 N–H and O–H groups in total. The van der Waals surface area contributed by atoms with Crippen LogP contribution in [0.3, 0.4) is 0 Å². The van der Waals surface area contributed by atoms with E-state index >= 15 is 0 Å². The van der Waals surface area contributed by atoms with Gasteiger partial charge in [-0.3, -0.25) is 0 Å². The first-order chi connectivity index (χ1) is 29.5. The van der Waals surface area contributed by atoms with Gasteiger partial charge in [-0.05, 0) is 36.8 Å². The third kappa shape index (κ3) is 46.4. The third-order valence-corrected chi connectivity index (χ3v) is 11.9. The topological polar surface area (TPSA) is 8.88 Å². The number of nitrogens with one attached hydrogen (secondary N) is 2. The van der Waals surface area contributed by atoms with Crippen LogP contribution in [-0.2, 0) is 35.1 Å². The first-order valence-corrected chi connectivity index (χ1v) is 30.8.